The van der Waals surface area contributed by atoms with Crippen LogP contribution >= 0.6 is 0 Å². The second-order valence-corrected chi connectivity index (χ2v) is 6.27. The van der Waals surface area contributed by atoms with Crippen molar-refractivity contribution in [3.05, 3.63) is 35.7 Å². The van der Waals surface area contributed by atoms with E-state index in [1.165, 1.54) is 0 Å². The number of piperidine rings is 1. The first-order valence-electron chi connectivity index (χ1n) is 7.98. The molecule has 0 bridgehead atoms. The molecule has 0 saturated carbocycles. The summed E-state index contributed by atoms with van der Waals surface area (Å²) in [5.74, 6) is 1.13. The highest BCUT2D eigenvalue weighted by Gasteiger charge is 2.24. The Kier molecular flexibility index (Phi) is 4.89. The van der Waals surface area contributed by atoms with E-state index in [9.17, 15) is 5.11 Å². The molecule has 3 rings (SSSR count). The Labute approximate surface area is 140 Å². The van der Waals surface area contributed by atoms with Crippen LogP contribution in [-0.4, -0.2) is 50.2 Å². The largest absolute Gasteiger partial charge is 0.392 e. The summed E-state index contributed by atoms with van der Waals surface area (Å²) in [6.45, 7) is 3.74. The van der Waals surface area contributed by atoms with Crippen LogP contribution in [0.25, 0.3) is 0 Å². The van der Waals surface area contributed by atoms with Gasteiger partial charge in [-0.05, 0) is 31.0 Å². The lowest BCUT2D eigenvalue weighted by Crippen LogP contribution is -2.48. The number of rotatable bonds is 4. The third-order valence-corrected chi connectivity index (χ3v) is 3.87. The van der Waals surface area contributed by atoms with Crippen molar-refractivity contribution in [2.75, 3.05) is 24.1 Å². The number of aryl methyl sites for hydroxylation is 1. The van der Waals surface area contributed by atoms with Gasteiger partial charge in [0, 0.05) is 24.8 Å². The third-order valence-electron chi connectivity index (χ3n) is 3.87. The number of aromatic nitrogens is 3. The maximum absolute atomic E-state index is 9.85. The highest BCUT2D eigenvalue weighted by molar-refractivity contribution is 5.54. The molecule has 0 radical (unpaired) electrons. The summed E-state index contributed by atoms with van der Waals surface area (Å²) in [6, 6.07) is 7.87. The first kappa shape index (κ1) is 16.6. The van der Waals surface area contributed by atoms with Crippen molar-refractivity contribution < 1.29 is 5.11 Å². The lowest BCUT2D eigenvalue weighted by molar-refractivity contribution is 0.0552. The molecule has 8 heteroatoms. The van der Waals surface area contributed by atoms with Crippen LogP contribution in [0.3, 0.4) is 0 Å². The average molecular weight is 329 g/mol. The maximum atomic E-state index is 9.85. The monoisotopic (exact) mass is 329 g/mol. The van der Waals surface area contributed by atoms with Gasteiger partial charge in [0.05, 0.1) is 12.6 Å². The molecule has 2 atom stereocenters. The third kappa shape index (κ3) is 4.38. The second kappa shape index (κ2) is 7.08. The summed E-state index contributed by atoms with van der Waals surface area (Å²) < 4.78 is 0. The van der Waals surface area contributed by atoms with Gasteiger partial charge in [-0.25, -0.2) is 0 Å². The number of benzene rings is 1. The number of aliphatic hydroxyl groups is 1. The lowest BCUT2D eigenvalue weighted by atomic mass is 10.0. The molecule has 0 amide bonds. The summed E-state index contributed by atoms with van der Waals surface area (Å²) in [6.07, 6.45) is 0.202. The van der Waals surface area contributed by atoms with Crippen molar-refractivity contribution in [2.45, 2.75) is 32.0 Å². The fourth-order valence-corrected chi connectivity index (χ4v) is 2.95. The minimum absolute atomic E-state index is 0.0437. The smallest absolute Gasteiger partial charge is 0.232 e. The number of nitrogens with two attached hydrogens (primary N) is 2. The van der Waals surface area contributed by atoms with Gasteiger partial charge in [-0.2, -0.15) is 15.0 Å². The van der Waals surface area contributed by atoms with Crippen molar-refractivity contribution in [2.24, 2.45) is 5.73 Å². The molecule has 0 aliphatic carbocycles. The fraction of sp³-hybridized carbons (Fsp3) is 0.438. The van der Waals surface area contributed by atoms with Crippen LogP contribution in [0.5, 0.6) is 0 Å². The Bertz CT molecular complexity index is 699. The average Bonchev–Trinajstić information content (AvgIpc) is 2.45. The molecule has 6 N–H and O–H groups in total. The first-order chi connectivity index (χ1) is 11.5. The lowest BCUT2D eigenvalue weighted by Gasteiger charge is -2.33. The molecule has 1 saturated heterocycles. The Balaban J connectivity index is 1.74. The van der Waals surface area contributed by atoms with Crippen molar-refractivity contribution >= 4 is 17.6 Å². The molecule has 128 valence electrons. The van der Waals surface area contributed by atoms with Crippen LogP contribution in [0, 0.1) is 6.92 Å². The summed E-state index contributed by atoms with van der Waals surface area (Å²) in [7, 11) is 0. The minimum Gasteiger partial charge on any atom is -0.392 e. The maximum Gasteiger partial charge on any atom is 0.232 e. The number of hydrogen-bond acceptors (Lipinski definition) is 8. The summed E-state index contributed by atoms with van der Waals surface area (Å²) in [4.78, 5) is 14.8. The molecule has 0 spiro atoms. The molecular weight excluding hydrogens is 306 g/mol. The quantitative estimate of drug-likeness (QED) is 0.635. The van der Waals surface area contributed by atoms with E-state index in [2.05, 4.69) is 20.3 Å². The van der Waals surface area contributed by atoms with Gasteiger partial charge < -0.3 is 21.9 Å². The van der Waals surface area contributed by atoms with Crippen LogP contribution in [0.2, 0.25) is 0 Å². The van der Waals surface area contributed by atoms with Crippen LogP contribution in [0.15, 0.2) is 24.3 Å². The normalized spacial score (nSPS) is 21.6. The summed E-state index contributed by atoms with van der Waals surface area (Å²) in [5, 5.41) is 13.0. The molecule has 1 aromatic carbocycles. The van der Waals surface area contributed by atoms with Crippen molar-refractivity contribution in [3.8, 4) is 0 Å². The zero-order chi connectivity index (χ0) is 17.1. The Hall–Kier alpha value is -2.29. The highest BCUT2D eigenvalue weighted by Crippen LogP contribution is 2.16. The number of hydrogen-bond donors (Lipinski definition) is 4. The number of nitrogen functional groups attached to an aromatic ring is 1. The second-order valence-electron chi connectivity index (χ2n) is 6.27. The van der Waals surface area contributed by atoms with E-state index in [4.69, 9.17) is 11.5 Å². The molecule has 2 heterocycles. The molecule has 1 aliphatic rings. The van der Waals surface area contributed by atoms with Gasteiger partial charge in [-0.3, -0.25) is 4.90 Å². The minimum atomic E-state index is -0.419. The molecule has 1 aliphatic heterocycles. The Morgan fingerprint density at radius 1 is 1.29 bits per heavy atom. The van der Waals surface area contributed by atoms with Gasteiger partial charge in [0.1, 0.15) is 5.82 Å². The van der Waals surface area contributed by atoms with E-state index in [0.717, 1.165) is 11.3 Å². The summed E-state index contributed by atoms with van der Waals surface area (Å²) in [5.41, 5.74) is 13.8. The van der Waals surface area contributed by atoms with E-state index < -0.39 is 6.10 Å². The predicted octanol–water partition coefficient (Wildman–Crippen LogP) is 0.400. The predicted molar refractivity (Wildman–Crippen MR) is 92.6 cm³/mol. The number of nitrogens with one attached hydrogen (secondary N) is 1. The SMILES string of the molecule is Cc1cccc(Nc2nc(N)nc(CN3C[C@@H](N)C[C@@H](O)C3)n2)c1. The van der Waals surface area contributed by atoms with E-state index in [1.807, 2.05) is 36.1 Å². The molecule has 1 fully saturated rings. The van der Waals surface area contributed by atoms with Gasteiger partial charge >= 0.3 is 0 Å². The zero-order valence-corrected chi connectivity index (χ0v) is 13.7. The Morgan fingerprint density at radius 3 is 2.88 bits per heavy atom. The molecule has 2 aromatic rings. The van der Waals surface area contributed by atoms with E-state index >= 15 is 0 Å². The van der Waals surface area contributed by atoms with Gasteiger partial charge in [0.15, 0.2) is 0 Å². The van der Waals surface area contributed by atoms with E-state index in [0.29, 0.717) is 37.8 Å². The van der Waals surface area contributed by atoms with Gasteiger partial charge in [0.2, 0.25) is 11.9 Å². The van der Waals surface area contributed by atoms with Crippen LogP contribution in [0.4, 0.5) is 17.6 Å². The number of anilines is 3. The summed E-state index contributed by atoms with van der Waals surface area (Å²) >= 11 is 0. The van der Waals surface area contributed by atoms with Crippen LogP contribution in [0.1, 0.15) is 17.8 Å². The van der Waals surface area contributed by atoms with Gasteiger partial charge in [-0.1, -0.05) is 12.1 Å². The zero-order valence-electron chi connectivity index (χ0n) is 13.7. The van der Waals surface area contributed by atoms with E-state index in [-0.39, 0.29) is 12.0 Å². The van der Waals surface area contributed by atoms with Crippen molar-refractivity contribution in [1.29, 1.82) is 0 Å². The van der Waals surface area contributed by atoms with Crippen LogP contribution < -0.4 is 16.8 Å². The number of aliphatic hydroxyl groups excluding tert-OH is 1. The standard InChI is InChI=1S/C16H23N7O/c1-10-3-2-4-12(5-10)19-16-21-14(20-15(18)22-16)9-23-7-11(17)6-13(24)8-23/h2-5,11,13,24H,6-9,17H2,1H3,(H3,18,19,20,21,22)/t11-,13+/m0/s1. The van der Waals surface area contributed by atoms with Crippen molar-refractivity contribution in [1.82, 2.24) is 19.9 Å². The molecular formula is C16H23N7O. The fourth-order valence-electron chi connectivity index (χ4n) is 2.95. The molecule has 0 unspecified atom stereocenters. The van der Waals surface area contributed by atoms with E-state index in [1.54, 1.807) is 0 Å². The topological polar surface area (TPSA) is 126 Å². The molecule has 24 heavy (non-hydrogen) atoms. The van der Waals surface area contributed by atoms with Crippen LogP contribution in [-0.2, 0) is 6.54 Å². The number of β-amino-alcohol motifs (C(OH)–C–C–N with tert-alkyl or cyclic N) is 1. The highest BCUT2D eigenvalue weighted by atomic mass is 16.3. The molecule has 8 nitrogen and oxygen atoms in total. The van der Waals surface area contributed by atoms with Gasteiger partial charge in [-0.15, -0.1) is 0 Å². The first-order valence-corrected chi connectivity index (χ1v) is 7.98. The van der Waals surface area contributed by atoms with Crippen molar-refractivity contribution in [3.63, 3.8) is 0 Å². The van der Waals surface area contributed by atoms with Gasteiger partial charge in [0.25, 0.3) is 0 Å². The molecule has 1 aromatic heterocycles. The number of likely N-dealkylation sites (tertiary alicyclic amines) is 1. The Morgan fingerprint density at radius 2 is 2.12 bits per heavy atom. The number of nitrogens with zero attached hydrogens (tertiary/aromatic N) is 4.